The van der Waals surface area contributed by atoms with Crippen LogP contribution in [-0.2, 0) is 0 Å². The second-order valence-corrected chi connectivity index (χ2v) is 6.25. The smallest absolute Gasteiger partial charge is 0.251 e. The summed E-state index contributed by atoms with van der Waals surface area (Å²) in [4.78, 5) is 12.3. The molecule has 1 fully saturated rings. The van der Waals surface area contributed by atoms with Crippen LogP contribution in [-0.4, -0.2) is 18.0 Å². The van der Waals surface area contributed by atoms with E-state index in [0.29, 0.717) is 5.56 Å². The minimum Gasteiger partial charge on any atom is -0.349 e. The van der Waals surface area contributed by atoms with Gasteiger partial charge in [0, 0.05) is 23.1 Å². The van der Waals surface area contributed by atoms with Crippen LogP contribution in [0.15, 0.2) is 42.5 Å². The van der Waals surface area contributed by atoms with Crippen LogP contribution in [0, 0.1) is 5.41 Å². The third-order valence-electron chi connectivity index (χ3n) is 4.66. The minimum absolute atomic E-state index is 0.0132. The van der Waals surface area contributed by atoms with Gasteiger partial charge in [-0.05, 0) is 29.3 Å². The molecule has 20 heavy (non-hydrogen) atoms. The van der Waals surface area contributed by atoms with Crippen LogP contribution < -0.4 is 11.1 Å². The summed E-state index contributed by atoms with van der Waals surface area (Å²) in [6.45, 7) is 4.21. The maximum atomic E-state index is 12.3. The molecule has 1 amide bonds. The van der Waals surface area contributed by atoms with E-state index in [0.717, 1.165) is 17.2 Å². The van der Waals surface area contributed by atoms with Crippen molar-refractivity contribution in [3.8, 4) is 0 Å². The van der Waals surface area contributed by atoms with E-state index in [2.05, 4.69) is 19.2 Å². The van der Waals surface area contributed by atoms with Crippen molar-refractivity contribution in [3.05, 3.63) is 48.0 Å². The predicted octanol–water partition coefficient (Wildman–Crippen LogP) is 2.70. The van der Waals surface area contributed by atoms with Gasteiger partial charge in [-0.25, -0.2) is 0 Å². The lowest BCUT2D eigenvalue weighted by Gasteiger charge is -2.50. The first-order valence-corrected chi connectivity index (χ1v) is 7.04. The van der Waals surface area contributed by atoms with Gasteiger partial charge in [0.2, 0.25) is 0 Å². The number of nitrogens with two attached hydrogens (primary N) is 1. The van der Waals surface area contributed by atoms with Gasteiger partial charge >= 0.3 is 0 Å². The van der Waals surface area contributed by atoms with Crippen molar-refractivity contribution in [2.75, 3.05) is 0 Å². The topological polar surface area (TPSA) is 55.1 Å². The molecule has 0 saturated heterocycles. The van der Waals surface area contributed by atoms with Crippen LogP contribution in [0.5, 0.6) is 0 Å². The molecule has 104 valence electrons. The Bertz CT molecular complexity index is 663. The molecule has 3 N–H and O–H groups in total. The predicted molar refractivity (Wildman–Crippen MR) is 81.6 cm³/mol. The van der Waals surface area contributed by atoms with E-state index in [9.17, 15) is 4.79 Å². The molecule has 3 nitrogen and oxygen atoms in total. The number of benzene rings is 2. The number of hydrogen-bond donors (Lipinski definition) is 2. The minimum atomic E-state index is -0.0213. The Hall–Kier alpha value is -1.87. The molecule has 0 spiro atoms. The Morgan fingerprint density at radius 2 is 1.90 bits per heavy atom. The number of carbonyl (C=O) groups is 1. The monoisotopic (exact) mass is 268 g/mol. The molecular weight excluding hydrogens is 248 g/mol. The van der Waals surface area contributed by atoms with Gasteiger partial charge in [0.05, 0.1) is 0 Å². The van der Waals surface area contributed by atoms with Crippen molar-refractivity contribution in [1.82, 2.24) is 5.32 Å². The third-order valence-corrected chi connectivity index (χ3v) is 4.66. The van der Waals surface area contributed by atoms with Crippen LogP contribution >= 0.6 is 0 Å². The quantitative estimate of drug-likeness (QED) is 0.880. The highest BCUT2D eigenvalue weighted by atomic mass is 16.1. The summed E-state index contributed by atoms with van der Waals surface area (Å²) in [5, 5.41) is 5.33. The number of carbonyl (C=O) groups excluding carboxylic acids is 1. The van der Waals surface area contributed by atoms with Crippen LogP contribution in [0.4, 0.5) is 0 Å². The van der Waals surface area contributed by atoms with Crippen molar-refractivity contribution in [2.24, 2.45) is 11.1 Å². The first-order valence-electron chi connectivity index (χ1n) is 7.04. The number of amides is 1. The summed E-state index contributed by atoms with van der Waals surface area (Å²) in [5.74, 6) is -0.0132. The third kappa shape index (κ3) is 2.08. The zero-order valence-electron chi connectivity index (χ0n) is 11.9. The molecule has 1 aliphatic rings. The van der Waals surface area contributed by atoms with Crippen LogP contribution in [0.2, 0.25) is 0 Å². The largest absolute Gasteiger partial charge is 0.349 e. The molecule has 1 aliphatic carbocycles. The van der Waals surface area contributed by atoms with Gasteiger partial charge in [-0.2, -0.15) is 0 Å². The number of hydrogen-bond acceptors (Lipinski definition) is 2. The SMILES string of the molecule is CC1(C)C(N)CC1NC(=O)c1ccc2ccccc2c1. The zero-order chi connectivity index (χ0) is 14.3. The first kappa shape index (κ1) is 13.1. The van der Waals surface area contributed by atoms with Crippen molar-refractivity contribution < 1.29 is 4.79 Å². The molecule has 2 unspecified atom stereocenters. The van der Waals surface area contributed by atoms with Gasteiger partial charge < -0.3 is 11.1 Å². The standard InChI is InChI=1S/C17H20N2O/c1-17(2)14(18)10-15(17)19-16(20)13-8-7-11-5-3-4-6-12(11)9-13/h3-9,14-15H,10,18H2,1-2H3,(H,19,20). The van der Waals surface area contributed by atoms with Crippen LogP contribution in [0.25, 0.3) is 10.8 Å². The second kappa shape index (κ2) is 4.60. The van der Waals surface area contributed by atoms with Gasteiger partial charge in [0.1, 0.15) is 0 Å². The van der Waals surface area contributed by atoms with Crippen molar-refractivity contribution in [1.29, 1.82) is 0 Å². The van der Waals surface area contributed by atoms with Gasteiger partial charge in [-0.1, -0.05) is 44.2 Å². The number of fused-ring (bicyclic) bond motifs is 1. The van der Waals surface area contributed by atoms with Crippen molar-refractivity contribution >= 4 is 16.7 Å². The fraction of sp³-hybridized carbons (Fsp3) is 0.353. The summed E-state index contributed by atoms with van der Waals surface area (Å²) in [6, 6.07) is 14.2. The molecule has 0 aromatic heterocycles. The fourth-order valence-corrected chi connectivity index (χ4v) is 2.78. The van der Waals surface area contributed by atoms with Gasteiger partial charge in [0.15, 0.2) is 0 Å². The van der Waals surface area contributed by atoms with Crippen LogP contribution in [0.1, 0.15) is 30.6 Å². The fourth-order valence-electron chi connectivity index (χ4n) is 2.78. The molecule has 0 heterocycles. The Labute approximate surface area is 119 Å². The normalized spacial score (nSPS) is 24.1. The lowest BCUT2D eigenvalue weighted by Crippen LogP contribution is -2.64. The van der Waals surface area contributed by atoms with Gasteiger partial charge in [0.25, 0.3) is 5.91 Å². The molecule has 2 aromatic rings. The maximum absolute atomic E-state index is 12.3. The Morgan fingerprint density at radius 3 is 2.55 bits per heavy atom. The Morgan fingerprint density at radius 1 is 1.20 bits per heavy atom. The second-order valence-electron chi connectivity index (χ2n) is 6.25. The number of nitrogens with one attached hydrogen (secondary N) is 1. The average molecular weight is 268 g/mol. The molecule has 1 saturated carbocycles. The van der Waals surface area contributed by atoms with Crippen LogP contribution in [0.3, 0.4) is 0 Å². The number of rotatable bonds is 2. The highest BCUT2D eigenvalue weighted by molar-refractivity contribution is 5.98. The van der Waals surface area contributed by atoms with E-state index >= 15 is 0 Å². The van der Waals surface area contributed by atoms with E-state index in [1.807, 2.05) is 42.5 Å². The molecule has 2 aromatic carbocycles. The van der Waals surface area contributed by atoms with Crippen molar-refractivity contribution in [3.63, 3.8) is 0 Å². The van der Waals surface area contributed by atoms with E-state index in [4.69, 9.17) is 5.73 Å². The lowest BCUT2D eigenvalue weighted by molar-refractivity contribution is 0.0587. The summed E-state index contributed by atoms with van der Waals surface area (Å²) in [5.41, 5.74) is 6.67. The molecular formula is C17H20N2O. The molecule has 0 radical (unpaired) electrons. The Balaban J connectivity index is 1.79. The summed E-state index contributed by atoms with van der Waals surface area (Å²) < 4.78 is 0. The molecule has 0 aliphatic heterocycles. The molecule has 3 heteroatoms. The van der Waals surface area contributed by atoms with E-state index < -0.39 is 0 Å². The van der Waals surface area contributed by atoms with E-state index in [-0.39, 0.29) is 23.4 Å². The molecule has 3 rings (SSSR count). The van der Waals surface area contributed by atoms with E-state index in [1.54, 1.807) is 0 Å². The lowest BCUT2D eigenvalue weighted by atomic mass is 9.63. The molecule has 0 bridgehead atoms. The average Bonchev–Trinajstić information content (AvgIpc) is 2.46. The summed E-state index contributed by atoms with van der Waals surface area (Å²) >= 11 is 0. The maximum Gasteiger partial charge on any atom is 0.251 e. The first-order chi connectivity index (χ1) is 9.48. The Kier molecular flexibility index (Phi) is 3.02. The van der Waals surface area contributed by atoms with E-state index in [1.165, 1.54) is 0 Å². The summed E-state index contributed by atoms with van der Waals surface area (Å²) in [7, 11) is 0. The molecule has 2 atom stereocenters. The van der Waals surface area contributed by atoms with Gasteiger partial charge in [-0.15, -0.1) is 0 Å². The van der Waals surface area contributed by atoms with Crippen molar-refractivity contribution in [2.45, 2.75) is 32.4 Å². The summed E-state index contributed by atoms with van der Waals surface area (Å²) in [6.07, 6.45) is 0.853. The van der Waals surface area contributed by atoms with Gasteiger partial charge in [-0.3, -0.25) is 4.79 Å². The highest BCUT2D eigenvalue weighted by Crippen LogP contribution is 2.39. The zero-order valence-corrected chi connectivity index (χ0v) is 11.9. The highest BCUT2D eigenvalue weighted by Gasteiger charge is 2.46.